The van der Waals surface area contributed by atoms with Crippen LogP contribution in [0.4, 0.5) is 18.9 Å². The van der Waals surface area contributed by atoms with Crippen LogP contribution in [0.3, 0.4) is 0 Å². The van der Waals surface area contributed by atoms with Crippen molar-refractivity contribution in [1.29, 1.82) is 0 Å². The van der Waals surface area contributed by atoms with Crippen LogP contribution >= 0.6 is 0 Å². The van der Waals surface area contributed by atoms with Crippen LogP contribution in [0.25, 0.3) is 0 Å². The van der Waals surface area contributed by atoms with Crippen molar-refractivity contribution in [3.05, 3.63) is 23.9 Å². The standard InChI is InChI=1S/C18H18F3N5O10S2/c19-18(20,21)35-16-14-11(37(29,30)25-17(14)28)7-10(24-38(31,32)13-1-2-23-36-13)15(16)34-8-12(27)22-9-26-3-5-33-6-4-26/h1-2,7,24H,3-6,8-9H2,(H,22,27)(H,25,28). The molecule has 4 rings (SSSR count). The second-order valence-electron chi connectivity index (χ2n) is 7.65. The summed E-state index contributed by atoms with van der Waals surface area (Å²) in [4.78, 5) is 25.4. The van der Waals surface area contributed by atoms with Crippen molar-refractivity contribution < 1.29 is 58.3 Å². The number of anilines is 1. The van der Waals surface area contributed by atoms with E-state index in [0.717, 1.165) is 12.3 Å². The van der Waals surface area contributed by atoms with E-state index in [1.165, 1.54) is 4.72 Å². The minimum absolute atomic E-state index is 0.0489. The van der Waals surface area contributed by atoms with Gasteiger partial charge in [-0.05, 0) is 6.07 Å². The number of carbonyl (C=O) groups excluding carboxylic acids is 2. The summed E-state index contributed by atoms with van der Waals surface area (Å²) in [6, 6.07) is 1.44. The number of nitrogens with one attached hydrogen (secondary N) is 3. The van der Waals surface area contributed by atoms with Crippen LogP contribution in [-0.4, -0.2) is 84.6 Å². The first-order chi connectivity index (χ1) is 17.8. The molecule has 1 aromatic heterocycles. The third kappa shape index (κ3) is 6.09. The Morgan fingerprint density at radius 3 is 2.58 bits per heavy atom. The number of benzene rings is 1. The summed E-state index contributed by atoms with van der Waals surface area (Å²) < 4.78 is 112. The molecule has 208 valence electrons. The summed E-state index contributed by atoms with van der Waals surface area (Å²) >= 11 is 0. The molecule has 15 nitrogen and oxygen atoms in total. The molecule has 1 saturated heterocycles. The zero-order valence-corrected chi connectivity index (χ0v) is 20.5. The van der Waals surface area contributed by atoms with E-state index in [1.807, 2.05) is 4.72 Å². The van der Waals surface area contributed by atoms with Crippen molar-refractivity contribution >= 4 is 37.5 Å². The summed E-state index contributed by atoms with van der Waals surface area (Å²) in [6.07, 6.45) is -4.53. The molecule has 0 spiro atoms. The number of hydrogen-bond donors (Lipinski definition) is 3. The van der Waals surface area contributed by atoms with E-state index in [1.54, 1.807) is 4.90 Å². The lowest BCUT2D eigenvalue weighted by Crippen LogP contribution is -2.44. The fourth-order valence-corrected chi connectivity index (χ4v) is 5.50. The van der Waals surface area contributed by atoms with E-state index in [2.05, 4.69) is 19.7 Å². The fourth-order valence-electron chi connectivity index (χ4n) is 3.39. The molecule has 20 heteroatoms. The van der Waals surface area contributed by atoms with Gasteiger partial charge >= 0.3 is 6.36 Å². The SMILES string of the molecule is O=C(COc1c(NS(=O)(=O)c2ccno2)cc2c(c1OC(F)(F)F)C(=O)NS2(=O)=O)NCN1CCOCC1. The topological polar surface area (TPSA) is 195 Å². The number of ether oxygens (including phenoxy) is 3. The van der Waals surface area contributed by atoms with Crippen LogP contribution < -0.4 is 24.2 Å². The number of alkyl halides is 3. The van der Waals surface area contributed by atoms with Crippen LogP contribution in [-0.2, 0) is 29.6 Å². The van der Waals surface area contributed by atoms with E-state index >= 15 is 0 Å². The van der Waals surface area contributed by atoms with Crippen LogP contribution in [0.5, 0.6) is 11.5 Å². The summed E-state index contributed by atoms with van der Waals surface area (Å²) in [5.41, 5.74) is -2.01. The molecular weight excluding hydrogens is 567 g/mol. The third-order valence-electron chi connectivity index (χ3n) is 5.04. The van der Waals surface area contributed by atoms with Gasteiger partial charge in [-0.25, -0.2) is 13.1 Å². The van der Waals surface area contributed by atoms with Crippen LogP contribution in [0.2, 0.25) is 0 Å². The Kier molecular flexibility index (Phi) is 7.41. The van der Waals surface area contributed by atoms with Crippen molar-refractivity contribution in [3.8, 4) is 11.5 Å². The molecule has 0 aliphatic carbocycles. The average Bonchev–Trinajstić information content (AvgIpc) is 3.44. The molecular formula is C18H18F3N5O10S2. The predicted molar refractivity (Wildman–Crippen MR) is 116 cm³/mol. The van der Waals surface area contributed by atoms with Gasteiger partial charge in [0.25, 0.3) is 37.0 Å². The van der Waals surface area contributed by atoms with E-state index in [-0.39, 0.29) is 6.67 Å². The van der Waals surface area contributed by atoms with Gasteiger partial charge < -0.3 is 24.1 Å². The second-order valence-corrected chi connectivity index (χ2v) is 10.9. The van der Waals surface area contributed by atoms with Crippen molar-refractivity contribution in [2.45, 2.75) is 16.4 Å². The summed E-state index contributed by atoms with van der Waals surface area (Å²) in [6.45, 7) is 0.952. The Labute approximate surface area is 212 Å². The number of carbonyl (C=O) groups is 2. The van der Waals surface area contributed by atoms with Gasteiger partial charge in [-0.15, -0.1) is 13.2 Å². The molecule has 0 radical (unpaired) electrons. The maximum Gasteiger partial charge on any atom is 0.573 e. The van der Waals surface area contributed by atoms with Gasteiger partial charge in [0.2, 0.25) is 0 Å². The fraction of sp³-hybridized carbons (Fsp3) is 0.389. The number of nitrogens with zero attached hydrogens (tertiary/aromatic N) is 2. The first kappa shape index (κ1) is 27.4. The van der Waals surface area contributed by atoms with Crippen LogP contribution in [0.1, 0.15) is 10.4 Å². The number of hydrogen-bond acceptors (Lipinski definition) is 12. The van der Waals surface area contributed by atoms with E-state index in [4.69, 9.17) is 9.47 Å². The van der Waals surface area contributed by atoms with Gasteiger partial charge in [-0.3, -0.25) is 19.2 Å². The maximum absolute atomic E-state index is 13.3. The number of aromatic nitrogens is 1. The molecule has 38 heavy (non-hydrogen) atoms. The highest BCUT2D eigenvalue weighted by atomic mass is 32.2. The minimum Gasteiger partial charge on any atom is -0.478 e. The molecule has 1 aromatic carbocycles. The van der Waals surface area contributed by atoms with Crippen LogP contribution in [0, 0.1) is 0 Å². The molecule has 3 heterocycles. The van der Waals surface area contributed by atoms with Gasteiger partial charge in [0.1, 0.15) is 10.5 Å². The number of morpholine rings is 1. The molecule has 2 amide bonds. The number of fused-ring (bicyclic) bond motifs is 1. The molecule has 2 aliphatic rings. The molecule has 2 aliphatic heterocycles. The van der Waals surface area contributed by atoms with Gasteiger partial charge in [0.15, 0.2) is 18.1 Å². The Morgan fingerprint density at radius 1 is 1.24 bits per heavy atom. The molecule has 0 saturated carbocycles. The highest BCUT2D eigenvalue weighted by Gasteiger charge is 2.44. The molecule has 2 aromatic rings. The van der Waals surface area contributed by atoms with Crippen molar-refractivity contribution in [2.24, 2.45) is 0 Å². The Hall–Kier alpha value is -3.62. The first-order valence-corrected chi connectivity index (χ1v) is 13.4. The van der Waals surface area contributed by atoms with Gasteiger partial charge in [-0.2, -0.15) is 8.42 Å². The number of amides is 2. The minimum atomic E-state index is -5.49. The van der Waals surface area contributed by atoms with Gasteiger partial charge in [0.05, 0.1) is 31.8 Å². The van der Waals surface area contributed by atoms with Crippen LogP contribution in [0.15, 0.2) is 32.8 Å². The van der Waals surface area contributed by atoms with Crippen molar-refractivity contribution in [1.82, 2.24) is 20.1 Å². The Bertz CT molecular complexity index is 1440. The normalized spacial score (nSPS) is 17.4. The lowest BCUT2D eigenvalue weighted by atomic mass is 10.1. The second kappa shape index (κ2) is 10.3. The zero-order chi connectivity index (χ0) is 27.7. The van der Waals surface area contributed by atoms with E-state index in [9.17, 15) is 39.6 Å². The summed E-state index contributed by atoms with van der Waals surface area (Å²) in [7, 11) is -9.40. The average molecular weight is 585 g/mol. The van der Waals surface area contributed by atoms with E-state index < -0.39 is 77.6 Å². The van der Waals surface area contributed by atoms with Crippen molar-refractivity contribution in [3.63, 3.8) is 0 Å². The third-order valence-corrected chi connectivity index (χ3v) is 7.62. The Balaban J connectivity index is 1.72. The first-order valence-electron chi connectivity index (χ1n) is 10.4. The summed E-state index contributed by atoms with van der Waals surface area (Å²) in [5.74, 6) is -4.90. The number of sulfonamides is 2. The van der Waals surface area contributed by atoms with Crippen molar-refractivity contribution in [2.75, 3.05) is 44.3 Å². The molecule has 0 unspecified atom stereocenters. The largest absolute Gasteiger partial charge is 0.573 e. The molecule has 3 N–H and O–H groups in total. The summed E-state index contributed by atoms with van der Waals surface area (Å²) in [5, 5.41) is 4.89. The zero-order valence-electron chi connectivity index (χ0n) is 18.9. The molecule has 1 fully saturated rings. The molecule has 0 atom stereocenters. The lowest BCUT2D eigenvalue weighted by Gasteiger charge is -2.26. The van der Waals surface area contributed by atoms with Gasteiger partial charge in [0, 0.05) is 19.2 Å². The monoisotopic (exact) mass is 585 g/mol. The highest BCUT2D eigenvalue weighted by Crippen LogP contribution is 2.47. The quantitative estimate of drug-likeness (QED) is 0.345. The highest BCUT2D eigenvalue weighted by molar-refractivity contribution is 7.92. The van der Waals surface area contributed by atoms with Gasteiger partial charge in [-0.1, -0.05) is 5.16 Å². The predicted octanol–water partition coefficient (Wildman–Crippen LogP) is -0.409. The number of halogens is 3. The maximum atomic E-state index is 13.3. The smallest absolute Gasteiger partial charge is 0.478 e. The Morgan fingerprint density at radius 2 is 1.95 bits per heavy atom. The lowest BCUT2D eigenvalue weighted by molar-refractivity contribution is -0.275. The van der Waals surface area contributed by atoms with E-state index in [0.29, 0.717) is 32.4 Å². The number of rotatable bonds is 9. The molecule has 0 bridgehead atoms.